The third-order valence-electron chi connectivity index (χ3n) is 6.82. The molecule has 196 valence electrons. The van der Waals surface area contributed by atoms with E-state index in [1.54, 1.807) is 23.5 Å². The van der Waals surface area contributed by atoms with E-state index in [9.17, 15) is 9.59 Å². The Morgan fingerprint density at radius 3 is 2.00 bits per heavy atom. The molecule has 0 aromatic heterocycles. The SMILES string of the molecule is CCC(=NOC(C)=O)C(=O)c1cc2c(cc1Sc1ccccc1)C(C)(C)c1cc(Sc3ccccc3)ccc1-2. The topological polar surface area (TPSA) is 55.7 Å². The maximum atomic E-state index is 13.8. The molecule has 0 unspecified atom stereocenters. The molecule has 0 spiro atoms. The summed E-state index contributed by atoms with van der Waals surface area (Å²) in [5.41, 5.74) is 5.13. The summed E-state index contributed by atoms with van der Waals surface area (Å²) in [5.74, 6) is -0.788. The summed E-state index contributed by atoms with van der Waals surface area (Å²) in [6, 6.07) is 31.1. The van der Waals surface area contributed by atoms with Crippen molar-refractivity contribution in [3.05, 3.63) is 108 Å². The Bertz CT molecular complexity index is 1580. The predicted octanol–water partition coefficient (Wildman–Crippen LogP) is 8.81. The van der Waals surface area contributed by atoms with E-state index in [-0.39, 0.29) is 16.9 Å². The van der Waals surface area contributed by atoms with Crippen LogP contribution in [-0.2, 0) is 15.0 Å². The zero-order chi connectivity index (χ0) is 27.6. The van der Waals surface area contributed by atoms with Gasteiger partial charge in [0.15, 0.2) is 0 Å². The van der Waals surface area contributed by atoms with Gasteiger partial charge in [0.25, 0.3) is 0 Å². The summed E-state index contributed by atoms with van der Waals surface area (Å²) in [6.07, 6.45) is 0.348. The number of hydrogen-bond donors (Lipinski definition) is 0. The quantitative estimate of drug-likeness (QED) is 0.0948. The van der Waals surface area contributed by atoms with Crippen molar-refractivity contribution < 1.29 is 14.4 Å². The highest BCUT2D eigenvalue weighted by Gasteiger charge is 2.37. The van der Waals surface area contributed by atoms with E-state index in [1.165, 1.54) is 27.8 Å². The molecular weight excluding hydrogens is 523 g/mol. The fraction of sp³-hybridized carbons (Fsp3) is 0.182. The van der Waals surface area contributed by atoms with Crippen LogP contribution in [0.3, 0.4) is 0 Å². The van der Waals surface area contributed by atoms with Crippen molar-refractivity contribution in [1.82, 2.24) is 0 Å². The summed E-state index contributed by atoms with van der Waals surface area (Å²) in [7, 11) is 0. The summed E-state index contributed by atoms with van der Waals surface area (Å²) in [5, 5.41) is 3.89. The second-order valence-corrected chi connectivity index (χ2v) is 12.1. The summed E-state index contributed by atoms with van der Waals surface area (Å²) in [6.45, 7) is 7.60. The molecule has 39 heavy (non-hydrogen) atoms. The van der Waals surface area contributed by atoms with Crippen LogP contribution >= 0.6 is 23.5 Å². The van der Waals surface area contributed by atoms with Gasteiger partial charge < -0.3 is 4.84 Å². The number of oxime groups is 1. The van der Waals surface area contributed by atoms with Crippen LogP contribution < -0.4 is 0 Å². The number of ketones is 1. The minimum Gasteiger partial charge on any atom is -0.318 e. The molecule has 6 heteroatoms. The lowest BCUT2D eigenvalue weighted by Crippen LogP contribution is -2.18. The molecule has 0 radical (unpaired) electrons. The van der Waals surface area contributed by atoms with Crippen LogP contribution in [0.4, 0.5) is 0 Å². The number of fused-ring (bicyclic) bond motifs is 3. The van der Waals surface area contributed by atoms with E-state index in [2.05, 4.69) is 67.5 Å². The highest BCUT2D eigenvalue weighted by atomic mass is 32.2. The van der Waals surface area contributed by atoms with Gasteiger partial charge in [-0.2, -0.15) is 0 Å². The van der Waals surface area contributed by atoms with E-state index in [0.29, 0.717) is 12.0 Å². The number of hydrogen-bond acceptors (Lipinski definition) is 6. The Kier molecular flexibility index (Phi) is 7.78. The number of Topliss-reactive ketones (excluding diaryl/α,β-unsaturated/α-hetero) is 1. The molecule has 1 aliphatic rings. The van der Waals surface area contributed by atoms with Gasteiger partial charge in [0.05, 0.1) is 0 Å². The first-order chi connectivity index (χ1) is 18.8. The summed E-state index contributed by atoms with van der Waals surface area (Å²) in [4.78, 5) is 34.3. The van der Waals surface area contributed by atoms with Gasteiger partial charge in [-0.15, -0.1) is 0 Å². The average molecular weight is 552 g/mol. The zero-order valence-corrected chi connectivity index (χ0v) is 24.0. The Morgan fingerprint density at radius 1 is 0.769 bits per heavy atom. The molecule has 0 saturated heterocycles. The largest absolute Gasteiger partial charge is 0.331 e. The lowest BCUT2D eigenvalue weighted by Gasteiger charge is -2.23. The van der Waals surface area contributed by atoms with Crippen molar-refractivity contribution in [3.63, 3.8) is 0 Å². The zero-order valence-electron chi connectivity index (χ0n) is 22.4. The summed E-state index contributed by atoms with van der Waals surface area (Å²) >= 11 is 3.30. The van der Waals surface area contributed by atoms with E-state index in [4.69, 9.17) is 4.84 Å². The summed E-state index contributed by atoms with van der Waals surface area (Å²) < 4.78 is 0. The van der Waals surface area contributed by atoms with Crippen LogP contribution in [0.2, 0.25) is 0 Å². The maximum absolute atomic E-state index is 13.8. The molecule has 0 bridgehead atoms. The molecule has 0 N–H and O–H groups in total. The van der Waals surface area contributed by atoms with Gasteiger partial charge in [-0.25, -0.2) is 4.79 Å². The number of rotatable bonds is 8. The molecule has 0 fully saturated rings. The molecule has 4 nitrogen and oxygen atoms in total. The van der Waals surface area contributed by atoms with Crippen molar-refractivity contribution in [3.8, 4) is 11.1 Å². The van der Waals surface area contributed by atoms with Crippen molar-refractivity contribution in [2.24, 2.45) is 5.16 Å². The molecule has 4 aromatic rings. The Balaban J connectivity index is 1.62. The fourth-order valence-corrected chi connectivity index (χ4v) is 6.71. The van der Waals surface area contributed by atoms with Gasteiger partial charge >= 0.3 is 5.97 Å². The first-order valence-corrected chi connectivity index (χ1v) is 14.5. The van der Waals surface area contributed by atoms with Crippen LogP contribution in [0.25, 0.3) is 11.1 Å². The lowest BCUT2D eigenvalue weighted by molar-refractivity contribution is -0.140. The fourth-order valence-electron chi connectivity index (χ4n) is 4.85. The number of carbonyl (C=O) groups is 2. The minimum atomic E-state index is -0.554. The van der Waals surface area contributed by atoms with Crippen LogP contribution in [0.5, 0.6) is 0 Å². The predicted molar refractivity (Wildman–Crippen MR) is 159 cm³/mol. The Labute approximate surface area is 237 Å². The van der Waals surface area contributed by atoms with Crippen LogP contribution in [0.1, 0.15) is 55.6 Å². The molecule has 0 aliphatic heterocycles. The Morgan fingerprint density at radius 2 is 1.38 bits per heavy atom. The van der Waals surface area contributed by atoms with Crippen molar-refractivity contribution >= 4 is 41.0 Å². The van der Waals surface area contributed by atoms with Gasteiger partial charge in [-0.3, -0.25) is 4.79 Å². The molecule has 0 heterocycles. The lowest BCUT2D eigenvalue weighted by atomic mass is 9.82. The average Bonchev–Trinajstić information content (AvgIpc) is 3.15. The van der Waals surface area contributed by atoms with Gasteiger partial charge in [0, 0.05) is 37.5 Å². The highest BCUT2D eigenvalue weighted by molar-refractivity contribution is 7.99. The van der Waals surface area contributed by atoms with Crippen molar-refractivity contribution in [1.29, 1.82) is 0 Å². The van der Waals surface area contributed by atoms with Gasteiger partial charge in [0.1, 0.15) is 5.71 Å². The van der Waals surface area contributed by atoms with E-state index >= 15 is 0 Å². The Hall–Kier alpha value is -3.61. The smallest absolute Gasteiger partial charge is 0.318 e. The van der Waals surface area contributed by atoms with Crippen molar-refractivity contribution in [2.45, 2.75) is 59.1 Å². The second kappa shape index (κ2) is 11.2. The van der Waals surface area contributed by atoms with E-state index in [0.717, 1.165) is 20.9 Å². The van der Waals surface area contributed by atoms with Crippen LogP contribution in [0.15, 0.2) is 116 Å². The van der Waals surface area contributed by atoms with Gasteiger partial charge in [-0.1, -0.05) is 91.9 Å². The van der Waals surface area contributed by atoms with E-state index in [1.807, 2.05) is 49.4 Å². The van der Waals surface area contributed by atoms with Crippen molar-refractivity contribution in [2.75, 3.05) is 0 Å². The van der Waals surface area contributed by atoms with Crippen LogP contribution in [-0.4, -0.2) is 17.5 Å². The second-order valence-electron chi connectivity index (χ2n) is 9.86. The normalized spacial score (nSPS) is 13.5. The molecule has 0 amide bonds. The molecule has 4 aromatic carbocycles. The van der Waals surface area contributed by atoms with Gasteiger partial charge in [0.2, 0.25) is 5.78 Å². The minimum absolute atomic E-state index is 0.215. The van der Waals surface area contributed by atoms with E-state index < -0.39 is 5.97 Å². The third kappa shape index (κ3) is 5.58. The van der Waals surface area contributed by atoms with Gasteiger partial charge in [-0.05, 0) is 77.2 Å². The maximum Gasteiger partial charge on any atom is 0.331 e. The standard InChI is InChI=1S/C33H29NO3S2/c1-5-30(34-37-21(2)35)32(36)27-19-26-25-17-16-24(38-22-12-8-6-9-13-22)18-28(25)33(3,4)29(26)20-31(27)39-23-14-10-7-11-15-23/h6-20H,5H2,1-4H3. The first kappa shape index (κ1) is 27.0. The number of nitrogens with zero attached hydrogens (tertiary/aromatic N) is 1. The number of carbonyl (C=O) groups excluding carboxylic acids is 2. The third-order valence-corrected chi connectivity index (χ3v) is 8.89. The molecule has 5 rings (SSSR count). The molecule has 1 aliphatic carbocycles. The number of benzene rings is 4. The first-order valence-electron chi connectivity index (χ1n) is 12.9. The van der Waals surface area contributed by atoms with Crippen LogP contribution in [0, 0.1) is 0 Å². The molecule has 0 atom stereocenters. The monoisotopic (exact) mass is 551 g/mol. The highest BCUT2D eigenvalue weighted by Crippen LogP contribution is 2.52. The molecular formula is C33H29NO3S2. The molecule has 0 saturated carbocycles.